The number of benzene rings is 2. The number of hydrogen-bond donors (Lipinski definition) is 1. The lowest BCUT2D eigenvalue weighted by Gasteiger charge is -2.14. The summed E-state index contributed by atoms with van der Waals surface area (Å²) in [6.07, 6.45) is 0.154. The average Bonchev–Trinajstić information content (AvgIpc) is 2.66. The third-order valence-electron chi connectivity index (χ3n) is 3.73. The van der Waals surface area contributed by atoms with Gasteiger partial charge in [0.25, 0.3) is 11.4 Å². The summed E-state index contributed by atoms with van der Waals surface area (Å²) in [6, 6.07) is 9.44. The van der Waals surface area contributed by atoms with Crippen LogP contribution in [0.2, 0.25) is 0 Å². The summed E-state index contributed by atoms with van der Waals surface area (Å²) < 4.78 is 4.81. The number of likely N-dealkylation sites (N-methyl/N-ethyl adjacent to an activating group) is 1. The number of hydrogen-bond acceptors (Lipinski definition) is 8. The smallest absolute Gasteiger partial charge is 0.345 e. The van der Waals surface area contributed by atoms with Crippen LogP contribution in [-0.2, 0) is 16.0 Å². The zero-order chi connectivity index (χ0) is 20.0. The third-order valence-corrected chi connectivity index (χ3v) is 3.73. The van der Waals surface area contributed by atoms with Gasteiger partial charge in [-0.25, -0.2) is 9.59 Å². The molecule has 1 atom stereocenters. The highest BCUT2D eigenvalue weighted by Gasteiger charge is 2.23. The van der Waals surface area contributed by atoms with Crippen LogP contribution in [0.25, 0.3) is 0 Å². The molecule has 0 saturated carbocycles. The van der Waals surface area contributed by atoms with E-state index < -0.39 is 27.8 Å². The molecule has 0 aliphatic carbocycles. The van der Waals surface area contributed by atoms with Crippen LogP contribution in [0.15, 0.2) is 48.5 Å². The lowest BCUT2D eigenvalue weighted by molar-refractivity contribution is -0.385. The van der Waals surface area contributed by atoms with E-state index in [-0.39, 0.29) is 23.4 Å². The summed E-state index contributed by atoms with van der Waals surface area (Å²) in [5, 5.41) is 24.0. The third kappa shape index (κ3) is 5.16. The summed E-state index contributed by atoms with van der Waals surface area (Å²) in [6.45, 7) is 0. The Hall–Kier alpha value is -3.66. The van der Waals surface area contributed by atoms with E-state index in [1.54, 1.807) is 0 Å². The van der Waals surface area contributed by atoms with Crippen molar-refractivity contribution >= 4 is 23.3 Å². The Morgan fingerprint density at radius 3 is 1.89 bits per heavy atom. The number of nitro groups is 2. The molecule has 0 unspecified atom stereocenters. The number of nitrogens with one attached hydrogen (secondary N) is 1. The maximum atomic E-state index is 12.2. The minimum absolute atomic E-state index is 0.000797. The van der Waals surface area contributed by atoms with E-state index in [1.165, 1.54) is 43.4 Å². The Balaban J connectivity index is 2.02. The lowest BCUT2D eigenvalue weighted by Crippen LogP contribution is -2.38. The predicted octanol–water partition coefficient (Wildman–Crippen LogP) is 2.02. The molecule has 2 aromatic rings. The minimum Gasteiger partial charge on any atom is -0.388 e. The van der Waals surface area contributed by atoms with Crippen molar-refractivity contribution in [3.8, 4) is 0 Å². The lowest BCUT2D eigenvalue weighted by atomic mass is 10.1. The monoisotopic (exact) mass is 373 g/mol. The molecule has 0 spiro atoms. The second kappa shape index (κ2) is 8.63. The predicted molar refractivity (Wildman–Crippen MR) is 93.2 cm³/mol. The number of ether oxygens (including phenoxy) is 1. The summed E-state index contributed by atoms with van der Waals surface area (Å²) in [7, 11) is 1.51. The summed E-state index contributed by atoms with van der Waals surface area (Å²) in [4.78, 5) is 44.3. The van der Waals surface area contributed by atoms with E-state index in [1.807, 2.05) is 0 Å². The molecule has 0 radical (unpaired) electrons. The van der Waals surface area contributed by atoms with Gasteiger partial charge in [0.2, 0.25) is 0 Å². The first-order valence-electron chi connectivity index (χ1n) is 7.73. The van der Waals surface area contributed by atoms with Gasteiger partial charge in [-0.1, -0.05) is 12.1 Å². The van der Waals surface area contributed by atoms with Crippen molar-refractivity contribution in [1.29, 1.82) is 0 Å². The van der Waals surface area contributed by atoms with Crippen molar-refractivity contribution in [3.05, 3.63) is 79.9 Å². The Morgan fingerprint density at radius 2 is 1.44 bits per heavy atom. The second-order valence-corrected chi connectivity index (χ2v) is 5.48. The molecule has 2 aromatic carbocycles. The van der Waals surface area contributed by atoms with Gasteiger partial charge in [0.05, 0.1) is 15.4 Å². The minimum atomic E-state index is -0.932. The van der Waals surface area contributed by atoms with E-state index in [9.17, 15) is 29.8 Å². The highest BCUT2D eigenvalue weighted by atomic mass is 16.6. The number of carbonyl (C=O) groups is 2. The molecule has 0 heterocycles. The van der Waals surface area contributed by atoms with Crippen LogP contribution >= 0.6 is 0 Å². The zero-order valence-electron chi connectivity index (χ0n) is 14.2. The standard InChI is InChI=1S/C17H15N3O7/c1-18-15(10-11-2-6-13(7-3-11)19(23)24)17(22)27-16(21)12-4-8-14(9-5-12)20(25)26/h2-9,15,18H,10H2,1H3/t15-/m0/s1. The molecule has 10 heteroatoms. The van der Waals surface area contributed by atoms with E-state index in [2.05, 4.69) is 5.32 Å². The molecule has 0 amide bonds. The van der Waals surface area contributed by atoms with Gasteiger partial charge in [0.15, 0.2) is 0 Å². The van der Waals surface area contributed by atoms with Crippen LogP contribution in [0, 0.1) is 20.2 Å². The fraction of sp³-hybridized carbons (Fsp3) is 0.176. The van der Waals surface area contributed by atoms with Gasteiger partial charge < -0.3 is 10.1 Å². The van der Waals surface area contributed by atoms with Crippen LogP contribution in [0.5, 0.6) is 0 Å². The van der Waals surface area contributed by atoms with Crippen LogP contribution in [-0.4, -0.2) is 34.9 Å². The van der Waals surface area contributed by atoms with Gasteiger partial charge in [-0.05, 0) is 31.2 Å². The van der Waals surface area contributed by atoms with E-state index in [0.29, 0.717) is 5.56 Å². The molecule has 0 fully saturated rings. The molecule has 1 N–H and O–H groups in total. The second-order valence-electron chi connectivity index (χ2n) is 5.48. The molecule has 10 nitrogen and oxygen atoms in total. The van der Waals surface area contributed by atoms with Gasteiger partial charge in [0.1, 0.15) is 6.04 Å². The van der Waals surface area contributed by atoms with Gasteiger partial charge in [-0.2, -0.15) is 0 Å². The van der Waals surface area contributed by atoms with Crippen LogP contribution in [0.3, 0.4) is 0 Å². The molecule has 2 rings (SSSR count). The molecular weight excluding hydrogens is 358 g/mol. The molecule has 27 heavy (non-hydrogen) atoms. The quantitative estimate of drug-likeness (QED) is 0.336. The van der Waals surface area contributed by atoms with Crippen molar-refractivity contribution < 1.29 is 24.2 Å². The van der Waals surface area contributed by atoms with Crippen molar-refractivity contribution in [2.24, 2.45) is 0 Å². The molecule has 0 aliphatic heterocycles. The number of carbonyl (C=O) groups excluding carboxylic acids is 2. The van der Waals surface area contributed by atoms with Crippen LogP contribution in [0.1, 0.15) is 15.9 Å². The highest BCUT2D eigenvalue weighted by molar-refractivity contribution is 5.98. The number of nitro benzene ring substituents is 2. The first-order valence-corrected chi connectivity index (χ1v) is 7.73. The maximum absolute atomic E-state index is 12.2. The number of non-ortho nitro benzene ring substituents is 2. The Labute approximate surface area is 153 Å². The fourth-order valence-corrected chi connectivity index (χ4v) is 2.23. The molecular formula is C17H15N3O7. The van der Waals surface area contributed by atoms with Crippen molar-refractivity contribution in [2.75, 3.05) is 7.05 Å². The van der Waals surface area contributed by atoms with Gasteiger partial charge in [-0.3, -0.25) is 20.2 Å². The van der Waals surface area contributed by atoms with E-state index in [0.717, 1.165) is 12.1 Å². The van der Waals surface area contributed by atoms with Gasteiger partial charge >= 0.3 is 11.9 Å². The Bertz CT molecular complexity index is 863. The normalized spacial score (nSPS) is 11.4. The summed E-state index contributed by atoms with van der Waals surface area (Å²) in [5.74, 6) is -1.77. The molecule has 0 saturated heterocycles. The topological polar surface area (TPSA) is 142 Å². The zero-order valence-corrected chi connectivity index (χ0v) is 14.2. The highest BCUT2D eigenvalue weighted by Crippen LogP contribution is 2.15. The van der Waals surface area contributed by atoms with Crippen LogP contribution in [0.4, 0.5) is 11.4 Å². The number of rotatable bonds is 7. The maximum Gasteiger partial charge on any atom is 0.345 e. The van der Waals surface area contributed by atoms with Gasteiger partial charge in [-0.15, -0.1) is 0 Å². The van der Waals surface area contributed by atoms with E-state index in [4.69, 9.17) is 4.74 Å². The first-order chi connectivity index (χ1) is 12.8. The van der Waals surface area contributed by atoms with Crippen LogP contribution < -0.4 is 5.32 Å². The van der Waals surface area contributed by atoms with E-state index >= 15 is 0 Å². The summed E-state index contributed by atoms with van der Waals surface area (Å²) >= 11 is 0. The summed E-state index contributed by atoms with van der Waals surface area (Å²) in [5.41, 5.74) is 0.374. The van der Waals surface area contributed by atoms with Crippen molar-refractivity contribution in [1.82, 2.24) is 5.32 Å². The van der Waals surface area contributed by atoms with Crippen molar-refractivity contribution in [2.45, 2.75) is 12.5 Å². The number of esters is 2. The SMILES string of the molecule is CN[C@@H](Cc1ccc([N+](=O)[O-])cc1)C(=O)OC(=O)c1ccc([N+](=O)[O-])cc1. The Kier molecular flexibility index (Phi) is 6.28. The molecule has 0 aliphatic rings. The largest absolute Gasteiger partial charge is 0.388 e. The van der Waals surface area contributed by atoms with Gasteiger partial charge in [0, 0.05) is 24.3 Å². The Morgan fingerprint density at radius 1 is 0.963 bits per heavy atom. The fourth-order valence-electron chi connectivity index (χ4n) is 2.23. The van der Waals surface area contributed by atoms with Crippen molar-refractivity contribution in [3.63, 3.8) is 0 Å². The average molecular weight is 373 g/mol. The number of nitrogens with zero attached hydrogens (tertiary/aromatic N) is 2. The first kappa shape index (κ1) is 19.7. The molecule has 0 bridgehead atoms. The molecule has 140 valence electrons. The molecule has 0 aromatic heterocycles.